The highest BCUT2D eigenvalue weighted by atomic mass is 32.1. The fourth-order valence-corrected chi connectivity index (χ4v) is 6.07. The summed E-state index contributed by atoms with van der Waals surface area (Å²) in [5.41, 5.74) is 4.53. The molecule has 178 valence electrons. The second kappa shape index (κ2) is 10.9. The van der Waals surface area contributed by atoms with Crippen molar-refractivity contribution < 1.29 is 9.53 Å². The monoisotopic (exact) mass is 475 g/mol. The first-order chi connectivity index (χ1) is 16.7. The smallest absolute Gasteiger partial charge is 0.128 e. The van der Waals surface area contributed by atoms with E-state index < -0.39 is 0 Å². The van der Waals surface area contributed by atoms with E-state index in [4.69, 9.17) is 4.74 Å². The molecule has 1 unspecified atom stereocenters. The lowest BCUT2D eigenvalue weighted by atomic mass is 9.94. The minimum absolute atomic E-state index is 0.162. The zero-order chi connectivity index (χ0) is 23.3. The quantitative estimate of drug-likeness (QED) is 0.473. The molecule has 0 N–H and O–H groups in total. The molecule has 2 fully saturated rings. The highest BCUT2D eigenvalue weighted by molar-refractivity contribution is 7.17. The van der Waals surface area contributed by atoms with E-state index >= 15 is 0 Å². The number of thiophene rings is 1. The van der Waals surface area contributed by atoms with Crippen molar-refractivity contribution in [1.29, 1.82) is 0 Å². The molecule has 2 aliphatic heterocycles. The lowest BCUT2D eigenvalue weighted by Crippen LogP contribution is -2.47. The molecule has 0 bridgehead atoms. The molecule has 5 nitrogen and oxygen atoms in total. The molecule has 5 rings (SSSR count). The number of benzene rings is 2. The van der Waals surface area contributed by atoms with Crippen LogP contribution in [0.25, 0.3) is 15.7 Å². The lowest BCUT2D eigenvalue weighted by Gasteiger charge is -2.36. The summed E-state index contributed by atoms with van der Waals surface area (Å²) in [4.78, 5) is 19.3. The Hall–Kier alpha value is -2.47. The summed E-state index contributed by atoms with van der Waals surface area (Å²) in [6.07, 6.45) is 0. The van der Waals surface area contributed by atoms with Gasteiger partial charge in [0.15, 0.2) is 0 Å². The maximum atomic E-state index is 11.9. The third-order valence-electron chi connectivity index (χ3n) is 7.09. The molecule has 1 aromatic heterocycles. The van der Waals surface area contributed by atoms with Crippen LogP contribution in [0.4, 0.5) is 5.69 Å². The van der Waals surface area contributed by atoms with Gasteiger partial charge in [-0.1, -0.05) is 37.3 Å². The van der Waals surface area contributed by atoms with Gasteiger partial charge in [0.2, 0.25) is 0 Å². The largest absolute Gasteiger partial charge is 0.378 e. The van der Waals surface area contributed by atoms with Crippen molar-refractivity contribution in [1.82, 2.24) is 9.80 Å². The van der Waals surface area contributed by atoms with Crippen LogP contribution < -0.4 is 4.90 Å². The summed E-state index contributed by atoms with van der Waals surface area (Å²) in [5, 5.41) is 3.28. The topological polar surface area (TPSA) is 36.0 Å². The number of ether oxygens (including phenoxy) is 1. The van der Waals surface area contributed by atoms with Crippen LogP contribution in [0.5, 0.6) is 0 Å². The summed E-state index contributed by atoms with van der Waals surface area (Å²) in [7, 11) is 0. The van der Waals surface area contributed by atoms with E-state index in [0.29, 0.717) is 0 Å². The standard InChI is InChI=1S/C28H33N3O2S/c1-22(26(20-32)27-21-34-28-5-3-2-4-25(27)28)18-29-10-12-30(13-11-29)19-23-6-8-24(9-7-23)31-14-16-33-17-15-31/h2-9,21-22H,10-19H2,1H3. The van der Waals surface area contributed by atoms with Gasteiger partial charge < -0.3 is 14.5 Å². The van der Waals surface area contributed by atoms with Crippen molar-refractivity contribution in [2.75, 3.05) is 63.9 Å². The van der Waals surface area contributed by atoms with Crippen molar-refractivity contribution in [2.24, 2.45) is 5.92 Å². The average molecular weight is 476 g/mol. The lowest BCUT2D eigenvalue weighted by molar-refractivity contribution is 0.121. The number of hydrogen-bond donors (Lipinski definition) is 0. The van der Waals surface area contributed by atoms with Gasteiger partial charge in [-0.15, -0.1) is 11.3 Å². The van der Waals surface area contributed by atoms with Crippen LogP contribution in [0, 0.1) is 5.92 Å². The van der Waals surface area contributed by atoms with Crippen LogP contribution in [-0.4, -0.2) is 74.8 Å². The maximum Gasteiger partial charge on any atom is 0.128 e. The van der Waals surface area contributed by atoms with Crippen LogP contribution in [0.15, 0.2) is 53.9 Å². The second-order valence-electron chi connectivity index (χ2n) is 9.40. The first kappa shape index (κ1) is 23.3. The van der Waals surface area contributed by atoms with Gasteiger partial charge in [0, 0.05) is 90.6 Å². The van der Waals surface area contributed by atoms with Crippen LogP contribution in [0.3, 0.4) is 0 Å². The minimum Gasteiger partial charge on any atom is -0.378 e. The van der Waals surface area contributed by atoms with E-state index in [1.54, 1.807) is 11.3 Å². The number of anilines is 1. The van der Waals surface area contributed by atoms with E-state index in [1.165, 1.54) is 21.3 Å². The molecule has 0 aliphatic carbocycles. The number of piperazine rings is 1. The Kier molecular flexibility index (Phi) is 7.43. The van der Waals surface area contributed by atoms with Gasteiger partial charge in [-0.25, -0.2) is 4.79 Å². The molecular weight excluding hydrogens is 442 g/mol. The molecule has 6 heteroatoms. The predicted octanol–water partition coefficient (Wildman–Crippen LogP) is 4.41. The first-order valence-corrected chi connectivity index (χ1v) is 13.2. The second-order valence-corrected chi connectivity index (χ2v) is 10.3. The zero-order valence-electron chi connectivity index (χ0n) is 19.9. The normalized spacial score (nSPS) is 18.7. The average Bonchev–Trinajstić information content (AvgIpc) is 3.31. The van der Waals surface area contributed by atoms with Gasteiger partial charge in [-0.3, -0.25) is 4.90 Å². The number of hydrogen-bond acceptors (Lipinski definition) is 6. The third kappa shape index (κ3) is 5.27. The Morgan fingerprint density at radius 2 is 1.68 bits per heavy atom. The summed E-state index contributed by atoms with van der Waals surface area (Å²) >= 11 is 1.70. The predicted molar refractivity (Wildman–Crippen MR) is 141 cm³/mol. The van der Waals surface area contributed by atoms with Gasteiger partial charge in [-0.05, 0) is 23.8 Å². The van der Waals surface area contributed by atoms with Crippen molar-refractivity contribution in [2.45, 2.75) is 13.5 Å². The molecule has 34 heavy (non-hydrogen) atoms. The minimum atomic E-state index is 0.162. The molecule has 2 aliphatic rings. The molecule has 2 saturated heterocycles. The molecule has 2 aromatic carbocycles. The first-order valence-electron chi connectivity index (χ1n) is 12.3. The molecule has 3 heterocycles. The Bertz CT molecular complexity index is 1140. The van der Waals surface area contributed by atoms with E-state index in [2.05, 4.69) is 69.3 Å². The molecule has 0 radical (unpaired) electrons. The molecule has 0 amide bonds. The Morgan fingerprint density at radius 3 is 2.41 bits per heavy atom. The van der Waals surface area contributed by atoms with Crippen molar-refractivity contribution in [3.63, 3.8) is 0 Å². The summed E-state index contributed by atoms with van der Waals surface area (Å²) < 4.78 is 6.69. The Labute approximate surface area is 206 Å². The SMILES string of the molecule is CC(CN1CCN(Cc2ccc(N3CCOCC3)cc2)CC1)C(=C=O)c1csc2ccccc12. The highest BCUT2D eigenvalue weighted by Crippen LogP contribution is 2.33. The van der Waals surface area contributed by atoms with Gasteiger partial charge >= 0.3 is 0 Å². The number of rotatable bonds is 7. The van der Waals surface area contributed by atoms with E-state index in [0.717, 1.165) is 76.7 Å². The molecule has 1 atom stereocenters. The Balaban J connectivity index is 1.13. The maximum absolute atomic E-state index is 11.9. The summed E-state index contributed by atoms with van der Waals surface area (Å²) in [6.45, 7) is 11.8. The van der Waals surface area contributed by atoms with Gasteiger partial charge in [0.1, 0.15) is 5.94 Å². The van der Waals surface area contributed by atoms with Crippen LogP contribution in [-0.2, 0) is 16.1 Å². The number of nitrogens with zero attached hydrogens (tertiary/aromatic N) is 3. The fraction of sp³-hybridized carbons (Fsp3) is 0.429. The summed E-state index contributed by atoms with van der Waals surface area (Å²) in [6, 6.07) is 17.4. The zero-order valence-corrected chi connectivity index (χ0v) is 20.7. The van der Waals surface area contributed by atoms with Crippen LogP contribution in [0.2, 0.25) is 0 Å². The van der Waals surface area contributed by atoms with E-state index in [-0.39, 0.29) is 5.92 Å². The number of fused-ring (bicyclic) bond motifs is 1. The van der Waals surface area contributed by atoms with Gasteiger partial charge in [0.25, 0.3) is 0 Å². The van der Waals surface area contributed by atoms with E-state index in [9.17, 15) is 4.79 Å². The number of carbonyl (C=O) groups excluding carboxylic acids is 1. The molecule has 3 aromatic rings. The molecular formula is C28H33N3O2S. The fourth-order valence-electron chi connectivity index (χ4n) is 5.11. The van der Waals surface area contributed by atoms with Crippen LogP contribution >= 0.6 is 11.3 Å². The highest BCUT2D eigenvalue weighted by Gasteiger charge is 2.23. The summed E-state index contributed by atoms with van der Waals surface area (Å²) in [5.74, 6) is 2.44. The molecule has 0 spiro atoms. The molecule has 0 saturated carbocycles. The van der Waals surface area contributed by atoms with Crippen molar-refractivity contribution in [3.05, 3.63) is 65.0 Å². The number of morpholine rings is 1. The van der Waals surface area contributed by atoms with Crippen LogP contribution in [0.1, 0.15) is 18.1 Å². The van der Waals surface area contributed by atoms with E-state index in [1.807, 2.05) is 12.1 Å². The van der Waals surface area contributed by atoms with Gasteiger partial charge in [-0.2, -0.15) is 0 Å². The van der Waals surface area contributed by atoms with Crippen molar-refractivity contribution in [3.8, 4) is 0 Å². The van der Waals surface area contributed by atoms with Crippen molar-refractivity contribution >= 4 is 38.6 Å². The Morgan fingerprint density at radius 1 is 0.971 bits per heavy atom. The third-order valence-corrected chi connectivity index (χ3v) is 8.05. The van der Waals surface area contributed by atoms with Gasteiger partial charge in [0.05, 0.1) is 13.2 Å².